The summed E-state index contributed by atoms with van der Waals surface area (Å²) < 4.78 is 56.8. The van der Waals surface area contributed by atoms with E-state index < -0.39 is 27.7 Å². The highest BCUT2D eigenvalue weighted by molar-refractivity contribution is 7.89. The molecule has 1 saturated heterocycles. The Bertz CT molecular complexity index is 1090. The van der Waals surface area contributed by atoms with Gasteiger partial charge in [0.2, 0.25) is 10.0 Å². The lowest BCUT2D eigenvalue weighted by atomic mass is 10.00. The molecule has 0 bridgehead atoms. The van der Waals surface area contributed by atoms with Crippen LogP contribution in [0.5, 0.6) is 11.5 Å². The first kappa shape index (κ1) is 22.8. The number of piperidine rings is 1. The number of benzene rings is 2. The Kier molecular flexibility index (Phi) is 6.88. The molecule has 0 radical (unpaired) electrons. The topological polar surface area (TPSA) is 82.1 Å². The highest BCUT2D eigenvalue weighted by atomic mass is 35.5. The lowest BCUT2D eigenvalue weighted by Gasteiger charge is -2.30. The van der Waals surface area contributed by atoms with Crippen LogP contribution in [0.1, 0.15) is 24.8 Å². The van der Waals surface area contributed by atoms with Crippen LogP contribution < -0.4 is 9.47 Å². The zero-order valence-corrected chi connectivity index (χ0v) is 18.8. The van der Waals surface area contributed by atoms with Gasteiger partial charge in [-0.1, -0.05) is 11.6 Å². The molecule has 0 amide bonds. The minimum atomic E-state index is -3.82. The van der Waals surface area contributed by atoms with Gasteiger partial charge in [-0.2, -0.15) is 4.31 Å². The van der Waals surface area contributed by atoms with Crippen LogP contribution >= 0.6 is 11.6 Å². The summed E-state index contributed by atoms with van der Waals surface area (Å²) in [5, 5.41) is 0.379. The molecule has 2 aromatic rings. The molecule has 4 rings (SSSR count). The molecule has 0 aliphatic carbocycles. The summed E-state index contributed by atoms with van der Waals surface area (Å²) in [6, 6.07) is 8.04. The smallest absolute Gasteiger partial charge is 0.310 e. The van der Waals surface area contributed by atoms with Gasteiger partial charge in [-0.3, -0.25) is 4.79 Å². The number of sulfonamides is 1. The van der Waals surface area contributed by atoms with Crippen molar-refractivity contribution in [3.05, 3.63) is 52.8 Å². The van der Waals surface area contributed by atoms with E-state index in [2.05, 4.69) is 0 Å². The average molecular weight is 484 g/mol. The Morgan fingerprint density at radius 2 is 1.91 bits per heavy atom. The van der Waals surface area contributed by atoms with Crippen LogP contribution in [0, 0.1) is 11.7 Å². The molecule has 10 heteroatoms. The van der Waals surface area contributed by atoms with Crippen LogP contribution in [0.4, 0.5) is 4.39 Å². The van der Waals surface area contributed by atoms with Crippen LogP contribution in [-0.4, -0.2) is 45.0 Å². The number of rotatable bonds is 5. The second-order valence-corrected chi connectivity index (χ2v) is 10.1. The van der Waals surface area contributed by atoms with Gasteiger partial charge in [0, 0.05) is 19.5 Å². The average Bonchev–Trinajstić information content (AvgIpc) is 3.04. The first-order valence-corrected chi connectivity index (χ1v) is 12.2. The van der Waals surface area contributed by atoms with Crippen molar-refractivity contribution < 1.29 is 31.8 Å². The molecule has 0 saturated carbocycles. The number of halogens is 2. The van der Waals surface area contributed by atoms with Crippen molar-refractivity contribution in [2.45, 2.75) is 30.8 Å². The highest BCUT2D eigenvalue weighted by Gasteiger charge is 2.34. The summed E-state index contributed by atoms with van der Waals surface area (Å²) in [5.41, 5.74) is 0.652. The normalized spacial score (nSPS) is 19.2. The van der Waals surface area contributed by atoms with Crippen LogP contribution in [0.3, 0.4) is 0 Å². The molecule has 172 valence electrons. The van der Waals surface area contributed by atoms with E-state index in [4.69, 9.17) is 25.8 Å². The predicted octanol–water partition coefficient (Wildman–Crippen LogP) is 3.78. The summed E-state index contributed by atoms with van der Waals surface area (Å²) in [6.07, 6.45) is 1.79. The zero-order valence-electron chi connectivity index (χ0n) is 17.3. The molecule has 0 N–H and O–H groups in total. The molecule has 2 aliphatic heterocycles. The highest BCUT2D eigenvalue weighted by Crippen LogP contribution is 2.38. The summed E-state index contributed by atoms with van der Waals surface area (Å²) in [5.74, 6) is -0.593. The monoisotopic (exact) mass is 483 g/mol. The first-order chi connectivity index (χ1) is 15.3. The Hall–Kier alpha value is -2.36. The Morgan fingerprint density at radius 1 is 1.16 bits per heavy atom. The van der Waals surface area contributed by atoms with E-state index in [1.807, 2.05) is 0 Å². The molecule has 2 aromatic carbocycles. The molecule has 1 fully saturated rings. The standard InChI is InChI=1S/C22H23ClFNO6S/c23-19-11-15(12-20-21(19)30-10-2-9-29-20)14-31-22(26)16-3-1-8-25(13-16)32(27,28)18-6-4-17(24)5-7-18/h4-7,11-12,16H,1-3,8-10,13-14H2. The van der Waals surface area contributed by atoms with Gasteiger partial charge in [0.1, 0.15) is 12.4 Å². The van der Waals surface area contributed by atoms with E-state index in [0.717, 1.165) is 18.6 Å². The number of esters is 1. The van der Waals surface area contributed by atoms with E-state index in [0.29, 0.717) is 54.7 Å². The van der Waals surface area contributed by atoms with Crippen molar-refractivity contribution in [1.82, 2.24) is 4.31 Å². The molecule has 7 nitrogen and oxygen atoms in total. The zero-order chi connectivity index (χ0) is 22.7. The fourth-order valence-corrected chi connectivity index (χ4v) is 5.56. The van der Waals surface area contributed by atoms with E-state index in [9.17, 15) is 17.6 Å². The van der Waals surface area contributed by atoms with Crippen LogP contribution in [0.25, 0.3) is 0 Å². The number of fused-ring (bicyclic) bond motifs is 1. The summed E-state index contributed by atoms with van der Waals surface area (Å²) in [4.78, 5) is 12.7. The SMILES string of the molecule is O=C(OCc1cc(Cl)c2c(c1)OCCCO2)C1CCCN(S(=O)(=O)c2ccc(F)cc2)C1. The fraction of sp³-hybridized carbons (Fsp3) is 0.409. The summed E-state index contributed by atoms with van der Waals surface area (Å²) in [7, 11) is -3.82. The second kappa shape index (κ2) is 9.64. The van der Waals surface area contributed by atoms with Crippen molar-refractivity contribution in [3.8, 4) is 11.5 Å². The molecule has 0 spiro atoms. The number of carbonyl (C=O) groups excluding carboxylic acids is 1. The van der Waals surface area contributed by atoms with Gasteiger partial charge in [0.25, 0.3) is 0 Å². The molecule has 1 atom stereocenters. The molecule has 0 aromatic heterocycles. The Balaban J connectivity index is 1.40. The molecular formula is C22H23ClFNO6S. The lowest BCUT2D eigenvalue weighted by molar-refractivity contribution is -0.151. The van der Waals surface area contributed by atoms with E-state index >= 15 is 0 Å². The number of carbonyl (C=O) groups is 1. The first-order valence-electron chi connectivity index (χ1n) is 10.3. The maximum atomic E-state index is 13.2. The summed E-state index contributed by atoms with van der Waals surface area (Å²) >= 11 is 6.28. The number of hydrogen-bond acceptors (Lipinski definition) is 6. The van der Waals surface area contributed by atoms with Gasteiger partial charge in [0.05, 0.1) is 29.0 Å². The Morgan fingerprint density at radius 3 is 2.69 bits per heavy atom. The molecule has 2 heterocycles. The van der Waals surface area contributed by atoms with Gasteiger partial charge < -0.3 is 14.2 Å². The molecule has 2 aliphatic rings. The van der Waals surface area contributed by atoms with Gasteiger partial charge in [0.15, 0.2) is 11.5 Å². The van der Waals surface area contributed by atoms with Crippen molar-refractivity contribution in [3.63, 3.8) is 0 Å². The van der Waals surface area contributed by atoms with Crippen LogP contribution in [-0.2, 0) is 26.2 Å². The van der Waals surface area contributed by atoms with Gasteiger partial charge >= 0.3 is 5.97 Å². The van der Waals surface area contributed by atoms with Crippen molar-refractivity contribution >= 4 is 27.6 Å². The third-order valence-electron chi connectivity index (χ3n) is 5.41. The quantitative estimate of drug-likeness (QED) is 0.602. The van der Waals surface area contributed by atoms with Crippen LogP contribution in [0.15, 0.2) is 41.3 Å². The predicted molar refractivity (Wildman–Crippen MR) is 115 cm³/mol. The minimum absolute atomic E-state index is 0.00486. The Labute approximate surface area is 191 Å². The van der Waals surface area contributed by atoms with Gasteiger partial charge in [-0.15, -0.1) is 0 Å². The maximum absolute atomic E-state index is 13.2. The van der Waals surface area contributed by atoms with Crippen LogP contribution in [0.2, 0.25) is 5.02 Å². The lowest BCUT2D eigenvalue weighted by Crippen LogP contribution is -2.42. The van der Waals surface area contributed by atoms with Crippen molar-refractivity contribution in [2.75, 3.05) is 26.3 Å². The molecule has 32 heavy (non-hydrogen) atoms. The third-order valence-corrected chi connectivity index (χ3v) is 7.57. The number of nitrogens with zero attached hydrogens (tertiary/aromatic N) is 1. The minimum Gasteiger partial charge on any atom is -0.489 e. The van der Waals surface area contributed by atoms with Crippen molar-refractivity contribution in [1.29, 1.82) is 0 Å². The fourth-order valence-electron chi connectivity index (χ4n) is 3.75. The van der Waals surface area contributed by atoms with Gasteiger partial charge in [-0.05, 0) is 54.8 Å². The summed E-state index contributed by atoms with van der Waals surface area (Å²) in [6.45, 7) is 1.31. The van der Waals surface area contributed by atoms with E-state index in [-0.39, 0.29) is 18.0 Å². The maximum Gasteiger partial charge on any atom is 0.310 e. The van der Waals surface area contributed by atoms with Gasteiger partial charge in [-0.25, -0.2) is 12.8 Å². The number of hydrogen-bond donors (Lipinski definition) is 0. The third kappa shape index (κ3) is 5.00. The second-order valence-electron chi connectivity index (χ2n) is 7.72. The molecule has 1 unspecified atom stereocenters. The van der Waals surface area contributed by atoms with E-state index in [1.54, 1.807) is 12.1 Å². The van der Waals surface area contributed by atoms with E-state index in [1.165, 1.54) is 16.4 Å². The largest absolute Gasteiger partial charge is 0.489 e. The number of ether oxygens (including phenoxy) is 3. The van der Waals surface area contributed by atoms with Crippen molar-refractivity contribution in [2.24, 2.45) is 5.92 Å². The molecular weight excluding hydrogens is 461 g/mol.